The summed E-state index contributed by atoms with van der Waals surface area (Å²) in [7, 11) is 2.53. The van der Waals surface area contributed by atoms with E-state index in [4.69, 9.17) is 28.4 Å². The van der Waals surface area contributed by atoms with Gasteiger partial charge in [0.25, 0.3) is 0 Å². The van der Waals surface area contributed by atoms with E-state index in [0.717, 1.165) is 10.5 Å². The maximum absolute atomic E-state index is 13.4. The number of hydrogen-bond acceptors (Lipinski definition) is 10. The Morgan fingerprint density at radius 3 is 2.00 bits per heavy atom. The first-order chi connectivity index (χ1) is 20.2. The molecule has 0 radical (unpaired) electrons. The first-order valence-electron chi connectivity index (χ1n) is 13.7. The van der Waals surface area contributed by atoms with E-state index in [-0.39, 0.29) is 41.0 Å². The summed E-state index contributed by atoms with van der Waals surface area (Å²) in [5.74, 6) is 2.83. The van der Waals surface area contributed by atoms with Crippen molar-refractivity contribution in [3.8, 4) is 34.5 Å². The zero-order valence-corrected chi connectivity index (χ0v) is 26.2. The fourth-order valence-corrected chi connectivity index (χ4v) is 7.27. The fraction of sp³-hybridized carbons (Fsp3) is 0.419. The molecule has 1 N–H and O–H groups in total. The highest BCUT2D eigenvalue weighted by molar-refractivity contribution is 7.99. The summed E-state index contributed by atoms with van der Waals surface area (Å²) >= 11 is 1.50. The van der Waals surface area contributed by atoms with Gasteiger partial charge in [-0.15, -0.1) is 11.8 Å². The van der Waals surface area contributed by atoms with Crippen molar-refractivity contribution in [2.45, 2.75) is 48.2 Å². The molecule has 9 nitrogen and oxygen atoms in total. The number of rotatable bonds is 14. The Bertz CT molecular complexity index is 1450. The zero-order valence-electron chi connectivity index (χ0n) is 24.5. The second-order valence-electron chi connectivity index (χ2n) is 9.71. The van der Waals surface area contributed by atoms with Gasteiger partial charge in [-0.2, -0.15) is 0 Å². The third kappa shape index (κ3) is 7.19. The molecule has 0 bridgehead atoms. The molecule has 3 aromatic carbocycles. The van der Waals surface area contributed by atoms with Gasteiger partial charge in [-0.3, -0.25) is 0 Å². The maximum Gasteiger partial charge on any atom is 0.203 e. The molecular formula is C31H38O9S2. The quantitative estimate of drug-likeness (QED) is 0.162. The lowest BCUT2D eigenvalue weighted by Gasteiger charge is -2.21. The molecule has 3 aromatic rings. The largest absolute Gasteiger partial charge is 0.508 e. The van der Waals surface area contributed by atoms with Crippen LogP contribution in [0.2, 0.25) is 0 Å². The predicted octanol–water partition coefficient (Wildman–Crippen LogP) is 6.37. The van der Waals surface area contributed by atoms with E-state index in [1.165, 1.54) is 18.9 Å². The fourth-order valence-electron chi connectivity index (χ4n) is 4.98. The average molecular weight is 619 g/mol. The number of sulfone groups is 1. The lowest BCUT2D eigenvalue weighted by Crippen LogP contribution is -2.12. The average Bonchev–Trinajstić information content (AvgIpc) is 3.48. The SMILES string of the molecule is CCCS(=O)(=O)c1cc(C2CC[C@@H](c3cc(OC)c(OC)c(OC)c3)O2)cc(OC)c1OCCSc1cccc(O)c1. The van der Waals surface area contributed by atoms with Crippen LogP contribution in [0.15, 0.2) is 58.3 Å². The van der Waals surface area contributed by atoms with E-state index in [0.29, 0.717) is 53.6 Å². The summed E-state index contributed by atoms with van der Waals surface area (Å²) in [6, 6.07) is 14.1. The van der Waals surface area contributed by atoms with E-state index in [9.17, 15) is 13.5 Å². The van der Waals surface area contributed by atoms with Crippen LogP contribution in [0, 0.1) is 0 Å². The molecule has 1 saturated heterocycles. The molecular weight excluding hydrogens is 580 g/mol. The molecule has 1 fully saturated rings. The molecule has 1 unspecified atom stereocenters. The molecule has 1 heterocycles. The van der Waals surface area contributed by atoms with Crippen LogP contribution in [0.25, 0.3) is 0 Å². The van der Waals surface area contributed by atoms with Gasteiger partial charge in [0.1, 0.15) is 10.6 Å². The molecule has 228 valence electrons. The number of benzene rings is 3. The van der Waals surface area contributed by atoms with E-state index >= 15 is 0 Å². The highest BCUT2D eigenvalue weighted by atomic mass is 32.2. The first-order valence-corrected chi connectivity index (χ1v) is 16.3. The van der Waals surface area contributed by atoms with Gasteiger partial charge in [0.2, 0.25) is 5.75 Å². The number of methoxy groups -OCH3 is 4. The molecule has 11 heteroatoms. The monoisotopic (exact) mass is 618 g/mol. The van der Waals surface area contributed by atoms with Crippen molar-refractivity contribution in [1.29, 1.82) is 0 Å². The molecule has 0 aliphatic carbocycles. The standard InChI is InChI=1S/C31H38O9S2/c1-6-14-42(33,34)29-18-21(17-28(37-4)31(29)39-12-13-41-23-9-7-8-22(32)19-23)25-11-10-24(40-25)20-15-26(35-2)30(38-5)27(16-20)36-3/h7-9,15-19,24-25,32H,6,10-14H2,1-5H3/t24-,25?/m0/s1. The Hall–Kier alpha value is -3.28. The van der Waals surface area contributed by atoms with Crippen LogP contribution in [-0.4, -0.2) is 60.1 Å². The number of thioether (sulfide) groups is 1. The van der Waals surface area contributed by atoms with Gasteiger partial charge in [0.15, 0.2) is 32.8 Å². The summed E-state index contributed by atoms with van der Waals surface area (Å²) in [6.45, 7) is 2.07. The summed E-state index contributed by atoms with van der Waals surface area (Å²) < 4.78 is 61.5. The van der Waals surface area contributed by atoms with Crippen molar-refractivity contribution >= 4 is 21.6 Å². The molecule has 4 rings (SSSR count). The summed E-state index contributed by atoms with van der Waals surface area (Å²) in [5, 5.41) is 9.70. The number of phenolic OH excluding ortho intramolecular Hbond substituents is 1. The van der Waals surface area contributed by atoms with Crippen LogP contribution < -0.4 is 23.7 Å². The number of phenols is 1. The molecule has 1 aliphatic rings. The zero-order chi connectivity index (χ0) is 30.3. The minimum Gasteiger partial charge on any atom is -0.508 e. The lowest BCUT2D eigenvalue weighted by molar-refractivity contribution is 0.0435. The first kappa shape index (κ1) is 31.7. The Kier molecular flexibility index (Phi) is 10.7. The highest BCUT2D eigenvalue weighted by Crippen LogP contribution is 2.48. The van der Waals surface area contributed by atoms with Crippen LogP contribution in [-0.2, 0) is 14.6 Å². The Morgan fingerprint density at radius 1 is 0.857 bits per heavy atom. The molecule has 0 aromatic heterocycles. The van der Waals surface area contributed by atoms with Crippen molar-refractivity contribution in [2.24, 2.45) is 0 Å². The van der Waals surface area contributed by atoms with Gasteiger partial charge in [-0.25, -0.2) is 8.42 Å². The van der Waals surface area contributed by atoms with E-state index in [1.54, 1.807) is 51.7 Å². The topological polar surface area (TPSA) is 110 Å². The Morgan fingerprint density at radius 2 is 1.45 bits per heavy atom. The van der Waals surface area contributed by atoms with Gasteiger partial charge in [-0.05, 0) is 72.9 Å². The highest BCUT2D eigenvalue weighted by Gasteiger charge is 2.32. The predicted molar refractivity (Wildman–Crippen MR) is 162 cm³/mol. The van der Waals surface area contributed by atoms with E-state index in [2.05, 4.69) is 0 Å². The van der Waals surface area contributed by atoms with Crippen LogP contribution in [0.1, 0.15) is 49.5 Å². The molecule has 2 atom stereocenters. The van der Waals surface area contributed by atoms with Gasteiger partial charge in [-0.1, -0.05) is 13.0 Å². The third-order valence-electron chi connectivity index (χ3n) is 6.94. The van der Waals surface area contributed by atoms with Gasteiger partial charge in [0, 0.05) is 10.6 Å². The molecule has 1 aliphatic heterocycles. The summed E-state index contributed by atoms with van der Waals surface area (Å²) in [5.41, 5.74) is 1.58. The Labute approximate surface area is 252 Å². The molecule has 0 spiro atoms. The van der Waals surface area contributed by atoms with Crippen molar-refractivity contribution in [1.82, 2.24) is 0 Å². The van der Waals surface area contributed by atoms with Gasteiger partial charge in [0.05, 0.1) is 53.0 Å². The van der Waals surface area contributed by atoms with Crippen molar-refractivity contribution in [3.05, 3.63) is 59.7 Å². The summed E-state index contributed by atoms with van der Waals surface area (Å²) in [4.78, 5) is 0.987. The normalized spacial score (nSPS) is 16.7. The molecule has 42 heavy (non-hydrogen) atoms. The number of hydrogen-bond donors (Lipinski definition) is 1. The summed E-state index contributed by atoms with van der Waals surface area (Å²) in [6.07, 6.45) is 1.25. The second kappa shape index (κ2) is 14.3. The van der Waals surface area contributed by atoms with Crippen LogP contribution in [0.3, 0.4) is 0 Å². The van der Waals surface area contributed by atoms with E-state index < -0.39 is 9.84 Å². The van der Waals surface area contributed by atoms with Crippen LogP contribution in [0.5, 0.6) is 34.5 Å². The van der Waals surface area contributed by atoms with Gasteiger partial charge < -0.3 is 33.5 Å². The van der Waals surface area contributed by atoms with Crippen LogP contribution in [0.4, 0.5) is 0 Å². The van der Waals surface area contributed by atoms with Gasteiger partial charge >= 0.3 is 0 Å². The van der Waals surface area contributed by atoms with Crippen molar-refractivity contribution in [2.75, 3.05) is 46.6 Å². The minimum absolute atomic E-state index is 0.0202. The maximum atomic E-state index is 13.4. The van der Waals surface area contributed by atoms with Crippen molar-refractivity contribution < 1.29 is 41.9 Å². The molecule has 0 amide bonds. The second-order valence-corrected chi connectivity index (χ2v) is 13.0. The number of ether oxygens (including phenoxy) is 6. The third-order valence-corrected chi connectivity index (χ3v) is 9.81. The number of aromatic hydroxyl groups is 1. The van der Waals surface area contributed by atoms with Crippen LogP contribution >= 0.6 is 11.8 Å². The Balaban J connectivity index is 1.59. The van der Waals surface area contributed by atoms with Crippen molar-refractivity contribution in [3.63, 3.8) is 0 Å². The minimum atomic E-state index is -3.66. The lowest BCUT2D eigenvalue weighted by atomic mass is 10.0. The smallest absolute Gasteiger partial charge is 0.203 e. The molecule has 0 saturated carbocycles. The van der Waals surface area contributed by atoms with E-state index in [1.807, 2.05) is 25.1 Å².